The number of hydrogen-bond acceptors (Lipinski definition) is 6. The SMILES string of the molecule is CCOC(=O)C1=C(c2ccccc2)N=c2s/c(=C/c3cc(C)n(-c4ccc(N(C)C)cc4)c3C)c(=O)n2[C@H]1c1ccc(F)cc1. The molecule has 0 radical (unpaired) electrons. The van der Waals surface area contributed by atoms with E-state index in [2.05, 4.69) is 39.8 Å². The summed E-state index contributed by atoms with van der Waals surface area (Å²) < 4.78 is 23.7. The summed E-state index contributed by atoms with van der Waals surface area (Å²) >= 11 is 1.26. The van der Waals surface area contributed by atoms with Crippen LogP contribution in [0.15, 0.2) is 100 Å². The Labute approximate surface area is 264 Å². The molecule has 0 fully saturated rings. The number of aromatic nitrogens is 2. The second-order valence-electron chi connectivity index (χ2n) is 11.1. The lowest BCUT2D eigenvalue weighted by Crippen LogP contribution is -2.40. The van der Waals surface area contributed by atoms with Crippen LogP contribution in [0.5, 0.6) is 0 Å². The molecule has 1 aliphatic rings. The molecular formula is C36H33FN4O3S. The largest absolute Gasteiger partial charge is 0.463 e. The lowest BCUT2D eigenvalue weighted by atomic mass is 9.93. The van der Waals surface area contributed by atoms with Crippen molar-refractivity contribution in [3.8, 4) is 5.69 Å². The van der Waals surface area contributed by atoms with E-state index in [4.69, 9.17) is 9.73 Å². The van der Waals surface area contributed by atoms with Crippen LogP contribution in [0.4, 0.5) is 10.1 Å². The fraction of sp³-hybridized carbons (Fsp3) is 0.194. The van der Waals surface area contributed by atoms with Gasteiger partial charge in [-0.15, -0.1) is 0 Å². The van der Waals surface area contributed by atoms with Crippen molar-refractivity contribution in [3.63, 3.8) is 0 Å². The van der Waals surface area contributed by atoms with E-state index < -0.39 is 17.8 Å². The highest BCUT2D eigenvalue weighted by Gasteiger charge is 2.35. The van der Waals surface area contributed by atoms with Gasteiger partial charge in [0, 0.05) is 42.4 Å². The molecule has 1 atom stereocenters. The summed E-state index contributed by atoms with van der Waals surface area (Å²) in [5, 5.41) is 0. The lowest BCUT2D eigenvalue weighted by Gasteiger charge is -2.25. The minimum absolute atomic E-state index is 0.151. The molecule has 0 aliphatic carbocycles. The molecular weight excluding hydrogens is 587 g/mol. The van der Waals surface area contributed by atoms with Gasteiger partial charge >= 0.3 is 5.97 Å². The molecule has 45 heavy (non-hydrogen) atoms. The van der Waals surface area contributed by atoms with Crippen LogP contribution < -0.4 is 19.8 Å². The van der Waals surface area contributed by atoms with Crippen LogP contribution in [-0.4, -0.2) is 35.8 Å². The highest BCUT2D eigenvalue weighted by atomic mass is 32.1. The van der Waals surface area contributed by atoms with Gasteiger partial charge in [-0.3, -0.25) is 9.36 Å². The third kappa shape index (κ3) is 5.55. The number of carbonyl (C=O) groups excluding carboxylic acids is 1. The van der Waals surface area contributed by atoms with Crippen molar-refractivity contribution in [1.82, 2.24) is 9.13 Å². The minimum Gasteiger partial charge on any atom is -0.463 e. The Bertz CT molecular complexity index is 2110. The molecule has 0 bridgehead atoms. The van der Waals surface area contributed by atoms with Crippen molar-refractivity contribution in [3.05, 3.63) is 144 Å². The van der Waals surface area contributed by atoms with E-state index in [0.29, 0.717) is 26.2 Å². The Hall–Kier alpha value is -5.02. The average Bonchev–Trinajstić information content (AvgIpc) is 3.50. The summed E-state index contributed by atoms with van der Waals surface area (Å²) in [6.45, 7) is 5.95. The molecule has 0 amide bonds. The van der Waals surface area contributed by atoms with Crippen molar-refractivity contribution in [2.75, 3.05) is 25.6 Å². The first-order valence-corrected chi connectivity index (χ1v) is 15.5. The summed E-state index contributed by atoms with van der Waals surface area (Å²) in [7, 11) is 4.02. The molecule has 6 rings (SSSR count). The third-order valence-corrected chi connectivity index (χ3v) is 8.92. The van der Waals surface area contributed by atoms with Gasteiger partial charge in [0.2, 0.25) is 0 Å². The van der Waals surface area contributed by atoms with E-state index in [1.165, 1.54) is 28.0 Å². The molecule has 0 saturated carbocycles. The normalized spacial score (nSPS) is 14.7. The van der Waals surface area contributed by atoms with Gasteiger partial charge in [0.15, 0.2) is 4.80 Å². The molecule has 0 N–H and O–H groups in total. The zero-order valence-corrected chi connectivity index (χ0v) is 26.6. The predicted molar refractivity (Wildman–Crippen MR) is 177 cm³/mol. The van der Waals surface area contributed by atoms with Crippen molar-refractivity contribution in [2.24, 2.45) is 4.99 Å². The van der Waals surface area contributed by atoms with Crippen LogP contribution in [0.25, 0.3) is 17.5 Å². The second kappa shape index (κ2) is 12.2. The molecule has 5 aromatic rings. The Morgan fingerprint density at radius 2 is 1.71 bits per heavy atom. The summed E-state index contributed by atoms with van der Waals surface area (Å²) in [5.74, 6) is -0.990. The zero-order chi connectivity index (χ0) is 31.8. The molecule has 3 heterocycles. The maximum absolute atomic E-state index is 14.2. The molecule has 228 valence electrons. The standard InChI is InChI=1S/C36H33FN4O3S/c1-6-44-35(43)31-32(24-10-8-7-9-11-24)38-36-41(33(31)25-12-14-27(37)15-13-25)34(42)30(45-36)21-26-20-22(2)40(23(26)3)29-18-16-28(17-19-29)39(4)5/h7-21,33H,6H2,1-5H3/b30-21+/t33-/m0/s1. The number of ether oxygens (including phenoxy) is 1. The fourth-order valence-electron chi connectivity index (χ4n) is 5.77. The van der Waals surface area contributed by atoms with E-state index in [-0.39, 0.29) is 17.7 Å². The first-order chi connectivity index (χ1) is 21.7. The van der Waals surface area contributed by atoms with Crippen LogP contribution in [0.1, 0.15) is 41.0 Å². The maximum atomic E-state index is 14.2. The van der Waals surface area contributed by atoms with E-state index in [1.54, 1.807) is 19.1 Å². The molecule has 3 aromatic carbocycles. The van der Waals surface area contributed by atoms with Crippen LogP contribution in [0, 0.1) is 19.7 Å². The number of esters is 1. The molecule has 0 unspecified atom stereocenters. The van der Waals surface area contributed by atoms with Gasteiger partial charge in [-0.05, 0) is 80.4 Å². The molecule has 2 aromatic heterocycles. The minimum atomic E-state index is -0.860. The molecule has 0 saturated heterocycles. The van der Waals surface area contributed by atoms with E-state index in [0.717, 1.165) is 28.3 Å². The first kappa shape index (κ1) is 30.0. The number of rotatable bonds is 7. The zero-order valence-electron chi connectivity index (χ0n) is 25.7. The quantitative estimate of drug-likeness (QED) is 0.224. The molecule has 9 heteroatoms. The number of fused-ring (bicyclic) bond motifs is 1. The van der Waals surface area contributed by atoms with Crippen LogP contribution in [0.3, 0.4) is 0 Å². The number of aryl methyl sites for hydroxylation is 1. The summed E-state index contributed by atoms with van der Waals surface area (Å²) in [6, 6.07) is 24.7. The van der Waals surface area contributed by atoms with Gasteiger partial charge in [0.05, 0.1) is 28.5 Å². The van der Waals surface area contributed by atoms with Crippen molar-refractivity contribution < 1.29 is 13.9 Å². The van der Waals surface area contributed by atoms with Gasteiger partial charge in [-0.25, -0.2) is 14.2 Å². The number of anilines is 1. The predicted octanol–water partition coefficient (Wildman–Crippen LogP) is 5.55. The summed E-state index contributed by atoms with van der Waals surface area (Å²) in [4.78, 5) is 35.2. The van der Waals surface area contributed by atoms with Gasteiger partial charge in [-0.1, -0.05) is 53.8 Å². The van der Waals surface area contributed by atoms with Gasteiger partial charge in [-0.2, -0.15) is 0 Å². The Morgan fingerprint density at radius 3 is 2.36 bits per heavy atom. The monoisotopic (exact) mass is 620 g/mol. The topological polar surface area (TPSA) is 68.8 Å². The van der Waals surface area contributed by atoms with E-state index in [9.17, 15) is 14.0 Å². The smallest absolute Gasteiger partial charge is 0.338 e. The first-order valence-electron chi connectivity index (χ1n) is 14.7. The molecule has 1 aliphatic heterocycles. The number of hydrogen-bond donors (Lipinski definition) is 0. The maximum Gasteiger partial charge on any atom is 0.338 e. The van der Waals surface area contributed by atoms with Gasteiger partial charge < -0.3 is 14.2 Å². The third-order valence-electron chi connectivity index (χ3n) is 7.94. The number of benzene rings is 3. The van der Waals surface area contributed by atoms with Crippen LogP contribution in [0.2, 0.25) is 0 Å². The highest BCUT2D eigenvalue weighted by molar-refractivity contribution is 7.07. The molecule has 7 nitrogen and oxygen atoms in total. The van der Waals surface area contributed by atoms with Gasteiger partial charge in [0.1, 0.15) is 5.82 Å². The fourth-order valence-corrected chi connectivity index (χ4v) is 6.76. The van der Waals surface area contributed by atoms with E-state index >= 15 is 0 Å². The number of thiazole rings is 1. The Morgan fingerprint density at radius 1 is 1.02 bits per heavy atom. The Kier molecular flexibility index (Phi) is 8.12. The number of carbonyl (C=O) groups is 1. The van der Waals surface area contributed by atoms with Crippen molar-refractivity contribution in [2.45, 2.75) is 26.8 Å². The van der Waals surface area contributed by atoms with Crippen molar-refractivity contribution >= 4 is 34.8 Å². The summed E-state index contributed by atoms with van der Waals surface area (Å²) in [6.07, 6.45) is 1.88. The van der Waals surface area contributed by atoms with Crippen LogP contribution in [-0.2, 0) is 9.53 Å². The van der Waals surface area contributed by atoms with Crippen LogP contribution >= 0.6 is 11.3 Å². The Balaban J connectivity index is 1.56. The van der Waals surface area contributed by atoms with Gasteiger partial charge in [0.25, 0.3) is 5.56 Å². The number of nitrogens with zero attached hydrogens (tertiary/aromatic N) is 4. The van der Waals surface area contributed by atoms with Crippen molar-refractivity contribution in [1.29, 1.82) is 0 Å². The number of halogens is 1. The summed E-state index contributed by atoms with van der Waals surface area (Å²) in [5.41, 5.74) is 6.72. The highest BCUT2D eigenvalue weighted by Crippen LogP contribution is 2.35. The molecule has 0 spiro atoms. The average molecular weight is 621 g/mol. The lowest BCUT2D eigenvalue weighted by molar-refractivity contribution is -0.138. The van der Waals surface area contributed by atoms with E-state index in [1.807, 2.05) is 64.4 Å². The second-order valence-corrected chi connectivity index (χ2v) is 12.1.